The number of nitrogens with one attached hydrogen (secondary N) is 2. The van der Waals surface area contributed by atoms with Crippen LogP contribution in [0.1, 0.15) is 29.7 Å². The smallest absolute Gasteiger partial charge is 0.171 e. The van der Waals surface area contributed by atoms with E-state index in [9.17, 15) is 0 Å². The average molecular weight is 342 g/mol. The van der Waals surface area contributed by atoms with Crippen LogP contribution >= 0.6 is 12.2 Å². The zero-order valence-corrected chi connectivity index (χ0v) is 15.0. The highest BCUT2D eigenvalue weighted by molar-refractivity contribution is 7.80. The lowest BCUT2D eigenvalue weighted by molar-refractivity contribution is 0.171. The van der Waals surface area contributed by atoms with Gasteiger partial charge in [0.25, 0.3) is 0 Å². The molecule has 0 amide bonds. The van der Waals surface area contributed by atoms with Crippen LogP contribution < -0.4 is 20.1 Å². The van der Waals surface area contributed by atoms with Gasteiger partial charge in [-0.3, -0.25) is 0 Å². The van der Waals surface area contributed by atoms with Crippen LogP contribution in [0.15, 0.2) is 36.4 Å². The zero-order chi connectivity index (χ0) is 17.1. The van der Waals surface area contributed by atoms with E-state index in [1.165, 1.54) is 5.56 Å². The molecular formula is C19H22N2O2S. The summed E-state index contributed by atoms with van der Waals surface area (Å²) in [4.78, 5) is 0. The van der Waals surface area contributed by atoms with Gasteiger partial charge in [-0.1, -0.05) is 18.2 Å². The van der Waals surface area contributed by atoms with Gasteiger partial charge in [-0.05, 0) is 67.9 Å². The number of hydrogen-bond acceptors (Lipinski definition) is 3. The van der Waals surface area contributed by atoms with Crippen molar-refractivity contribution in [3.05, 3.63) is 53.1 Å². The van der Waals surface area contributed by atoms with Crippen molar-refractivity contribution in [2.24, 2.45) is 0 Å². The number of ether oxygens (including phenoxy) is 2. The Hall–Kier alpha value is -2.27. The number of aryl methyl sites for hydroxylation is 2. The molecule has 0 saturated heterocycles. The molecule has 0 fully saturated rings. The van der Waals surface area contributed by atoms with Gasteiger partial charge in [-0.15, -0.1) is 0 Å². The summed E-state index contributed by atoms with van der Waals surface area (Å²) in [6, 6.07) is 12.3. The SMILES string of the molecule is Cc1ccc(C)c(NC(=S)N[C@@H](C)c2ccc3c(c2)OCCO3)c1. The third-order valence-electron chi connectivity index (χ3n) is 4.06. The van der Waals surface area contributed by atoms with Gasteiger partial charge in [0.05, 0.1) is 6.04 Å². The molecule has 1 heterocycles. The quantitative estimate of drug-likeness (QED) is 0.821. The minimum absolute atomic E-state index is 0.0611. The van der Waals surface area contributed by atoms with E-state index in [-0.39, 0.29) is 6.04 Å². The Balaban J connectivity index is 1.66. The third kappa shape index (κ3) is 3.79. The zero-order valence-electron chi connectivity index (χ0n) is 14.2. The van der Waals surface area contributed by atoms with Crippen molar-refractivity contribution in [3.63, 3.8) is 0 Å². The predicted octanol–water partition coefficient (Wildman–Crippen LogP) is 4.12. The number of thiocarbonyl (C=S) groups is 1. The summed E-state index contributed by atoms with van der Waals surface area (Å²) < 4.78 is 11.2. The third-order valence-corrected chi connectivity index (χ3v) is 4.28. The van der Waals surface area contributed by atoms with Gasteiger partial charge in [0.1, 0.15) is 13.2 Å². The number of benzene rings is 2. The second kappa shape index (κ2) is 7.09. The standard InChI is InChI=1S/C19H22N2O2S/c1-12-4-5-13(2)16(10-12)21-19(24)20-14(3)15-6-7-17-18(11-15)23-9-8-22-17/h4-7,10-11,14H,8-9H2,1-3H3,(H2,20,21,24)/t14-/m0/s1. The molecule has 0 aromatic heterocycles. The predicted molar refractivity (Wildman–Crippen MR) is 101 cm³/mol. The molecule has 1 aliphatic rings. The van der Waals surface area contributed by atoms with Crippen LogP contribution in [0.2, 0.25) is 0 Å². The first kappa shape index (κ1) is 16.6. The Morgan fingerprint density at radius 3 is 2.58 bits per heavy atom. The van der Waals surface area contributed by atoms with Crippen molar-refractivity contribution in [2.75, 3.05) is 18.5 Å². The summed E-state index contributed by atoms with van der Waals surface area (Å²) in [5, 5.41) is 7.20. The summed E-state index contributed by atoms with van der Waals surface area (Å²) in [6.07, 6.45) is 0. The van der Waals surface area contributed by atoms with Crippen molar-refractivity contribution in [1.82, 2.24) is 5.32 Å². The lowest BCUT2D eigenvalue weighted by Gasteiger charge is -2.22. The molecule has 0 radical (unpaired) electrons. The monoisotopic (exact) mass is 342 g/mol. The Morgan fingerprint density at radius 2 is 1.79 bits per heavy atom. The summed E-state index contributed by atoms with van der Waals surface area (Å²) in [6.45, 7) is 7.39. The summed E-state index contributed by atoms with van der Waals surface area (Å²) in [5.74, 6) is 1.59. The molecule has 0 bridgehead atoms. The molecule has 0 aliphatic carbocycles. The Kier molecular flexibility index (Phi) is 4.90. The Morgan fingerprint density at radius 1 is 1.04 bits per heavy atom. The van der Waals surface area contributed by atoms with E-state index in [0.29, 0.717) is 18.3 Å². The summed E-state index contributed by atoms with van der Waals surface area (Å²) in [7, 11) is 0. The van der Waals surface area contributed by atoms with Crippen LogP contribution in [0.4, 0.5) is 5.69 Å². The van der Waals surface area contributed by atoms with Crippen LogP contribution in [-0.4, -0.2) is 18.3 Å². The van der Waals surface area contributed by atoms with Crippen LogP contribution in [0.25, 0.3) is 0 Å². The van der Waals surface area contributed by atoms with E-state index < -0.39 is 0 Å². The van der Waals surface area contributed by atoms with Crippen molar-refractivity contribution >= 4 is 23.0 Å². The first-order chi connectivity index (χ1) is 11.5. The second-order valence-electron chi connectivity index (χ2n) is 6.04. The minimum Gasteiger partial charge on any atom is -0.486 e. The largest absolute Gasteiger partial charge is 0.486 e. The lowest BCUT2D eigenvalue weighted by Crippen LogP contribution is -2.31. The van der Waals surface area contributed by atoms with Gasteiger partial charge in [-0.2, -0.15) is 0 Å². The van der Waals surface area contributed by atoms with E-state index in [2.05, 4.69) is 49.6 Å². The van der Waals surface area contributed by atoms with Gasteiger partial charge in [0.15, 0.2) is 16.6 Å². The number of fused-ring (bicyclic) bond motifs is 1. The first-order valence-corrected chi connectivity index (χ1v) is 8.48. The van der Waals surface area contributed by atoms with Crippen molar-refractivity contribution in [1.29, 1.82) is 0 Å². The van der Waals surface area contributed by atoms with Gasteiger partial charge in [-0.25, -0.2) is 0 Å². The second-order valence-corrected chi connectivity index (χ2v) is 6.45. The van der Waals surface area contributed by atoms with Gasteiger partial charge >= 0.3 is 0 Å². The molecule has 4 nitrogen and oxygen atoms in total. The molecule has 0 saturated carbocycles. The van der Waals surface area contributed by atoms with E-state index in [1.807, 2.05) is 18.2 Å². The van der Waals surface area contributed by atoms with Crippen molar-refractivity contribution in [2.45, 2.75) is 26.8 Å². The maximum absolute atomic E-state index is 5.64. The average Bonchev–Trinajstić information content (AvgIpc) is 2.57. The number of rotatable bonds is 3. The Bertz CT molecular complexity index is 761. The van der Waals surface area contributed by atoms with Gasteiger partial charge < -0.3 is 20.1 Å². The highest BCUT2D eigenvalue weighted by atomic mass is 32.1. The molecule has 5 heteroatoms. The molecular weight excluding hydrogens is 320 g/mol. The number of hydrogen-bond donors (Lipinski definition) is 2. The van der Waals surface area contributed by atoms with Crippen LogP contribution in [0.3, 0.4) is 0 Å². The molecule has 3 rings (SSSR count). The van der Waals surface area contributed by atoms with Crippen LogP contribution in [0.5, 0.6) is 11.5 Å². The molecule has 2 N–H and O–H groups in total. The molecule has 126 valence electrons. The fourth-order valence-corrected chi connectivity index (χ4v) is 2.92. The molecule has 0 unspecified atom stereocenters. The topological polar surface area (TPSA) is 42.5 Å². The molecule has 1 atom stereocenters. The molecule has 2 aromatic rings. The van der Waals surface area contributed by atoms with Crippen LogP contribution in [0, 0.1) is 13.8 Å². The van der Waals surface area contributed by atoms with Crippen molar-refractivity contribution in [3.8, 4) is 11.5 Å². The highest BCUT2D eigenvalue weighted by Crippen LogP contribution is 2.32. The molecule has 24 heavy (non-hydrogen) atoms. The summed E-state index contributed by atoms with van der Waals surface area (Å²) >= 11 is 5.46. The Labute approximate surface area is 148 Å². The molecule has 1 aliphatic heterocycles. The highest BCUT2D eigenvalue weighted by Gasteiger charge is 2.15. The normalized spacial score (nSPS) is 14.0. The van der Waals surface area contributed by atoms with E-state index >= 15 is 0 Å². The van der Waals surface area contributed by atoms with Gasteiger partial charge in [0, 0.05) is 5.69 Å². The number of anilines is 1. The minimum atomic E-state index is 0.0611. The maximum Gasteiger partial charge on any atom is 0.171 e. The summed E-state index contributed by atoms with van der Waals surface area (Å²) in [5.41, 5.74) is 4.49. The van der Waals surface area contributed by atoms with Crippen LogP contribution in [-0.2, 0) is 0 Å². The van der Waals surface area contributed by atoms with E-state index in [0.717, 1.165) is 28.3 Å². The fraction of sp³-hybridized carbons (Fsp3) is 0.316. The van der Waals surface area contributed by atoms with E-state index in [1.54, 1.807) is 0 Å². The molecule has 2 aromatic carbocycles. The lowest BCUT2D eigenvalue weighted by atomic mass is 10.1. The van der Waals surface area contributed by atoms with Gasteiger partial charge in [0.2, 0.25) is 0 Å². The first-order valence-electron chi connectivity index (χ1n) is 8.07. The van der Waals surface area contributed by atoms with Crippen molar-refractivity contribution < 1.29 is 9.47 Å². The van der Waals surface area contributed by atoms with E-state index in [4.69, 9.17) is 21.7 Å². The fourth-order valence-electron chi connectivity index (χ4n) is 2.64. The molecule has 0 spiro atoms. The maximum atomic E-state index is 5.64.